The van der Waals surface area contributed by atoms with E-state index in [-0.39, 0.29) is 0 Å². The highest BCUT2D eigenvalue weighted by atomic mass is 14.3. The first kappa shape index (κ1) is 18.5. The molecule has 1 nitrogen and oxygen atoms in total. The number of aryl methyl sites for hydroxylation is 2. The van der Waals surface area contributed by atoms with Crippen molar-refractivity contribution >= 4 is 0 Å². The van der Waals surface area contributed by atoms with Gasteiger partial charge in [0.2, 0.25) is 0 Å². The van der Waals surface area contributed by atoms with E-state index in [0.717, 1.165) is 24.7 Å². The molecule has 0 aliphatic heterocycles. The lowest BCUT2D eigenvalue weighted by molar-refractivity contribution is 0.254. The molecule has 0 heterocycles. The Balaban J connectivity index is 1.61. The highest BCUT2D eigenvalue weighted by Crippen LogP contribution is 2.34. The van der Waals surface area contributed by atoms with Gasteiger partial charge in [-0.3, -0.25) is 0 Å². The van der Waals surface area contributed by atoms with Crippen molar-refractivity contribution < 1.29 is 0 Å². The summed E-state index contributed by atoms with van der Waals surface area (Å²) in [5, 5.41) is 8.42. The maximum atomic E-state index is 8.42. The van der Waals surface area contributed by atoms with Crippen LogP contribution in [0.1, 0.15) is 63.0 Å². The lowest BCUT2D eigenvalue weighted by Gasteiger charge is -2.28. The number of hydrogen-bond donors (Lipinski definition) is 0. The average molecular weight is 322 g/mol. The Bertz CT molecular complexity index is 551. The summed E-state index contributed by atoms with van der Waals surface area (Å²) in [6, 6.07) is 11.2. The van der Waals surface area contributed by atoms with Crippen LogP contribution in [0.3, 0.4) is 0 Å². The van der Waals surface area contributed by atoms with Gasteiger partial charge in [-0.1, -0.05) is 75.1 Å². The molecular weight excluding hydrogens is 290 g/mol. The first-order chi connectivity index (χ1) is 11.8. The molecule has 0 unspecified atom stereocenters. The maximum absolute atomic E-state index is 8.42. The fourth-order valence-electron chi connectivity index (χ4n) is 3.73. The van der Waals surface area contributed by atoms with Crippen LogP contribution >= 0.6 is 0 Å². The Kier molecular flexibility index (Phi) is 8.39. The predicted octanol–water partition coefficient (Wildman–Crippen LogP) is 6.40. The van der Waals surface area contributed by atoms with E-state index in [0.29, 0.717) is 0 Å². The lowest BCUT2D eigenvalue weighted by Crippen LogP contribution is -2.15. The molecule has 1 heteroatoms. The first-order valence-corrected chi connectivity index (χ1v) is 9.61. The zero-order valence-corrected chi connectivity index (χ0v) is 15.1. The van der Waals surface area contributed by atoms with E-state index in [4.69, 9.17) is 5.26 Å². The van der Waals surface area contributed by atoms with Gasteiger partial charge in [0, 0.05) is 6.08 Å². The molecule has 0 amide bonds. The van der Waals surface area contributed by atoms with Crippen LogP contribution in [0.25, 0.3) is 0 Å². The highest BCUT2D eigenvalue weighted by molar-refractivity contribution is 5.22. The molecular formula is C23H31N. The molecule has 1 aliphatic rings. The number of nitriles is 1. The second kappa shape index (κ2) is 10.9. The highest BCUT2D eigenvalue weighted by Gasteiger charge is 2.20. The minimum Gasteiger partial charge on any atom is -0.193 e. The molecule has 0 bridgehead atoms. The molecule has 128 valence electrons. The molecule has 1 aromatic rings. The van der Waals surface area contributed by atoms with Crippen LogP contribution in [0.2, 0.25) is 0 Å². The number of rotatable bonds is 8. The quantitative estimate of drug-likeness (QED) is 0.401. The van der Waals surface area contributed by atoms with Crippen molar-refractivity contribution in [1.29, 1.82) is 5.26 Å². The molecule has 24 heavy (non-hydrogen) atoms. The number of nitrogens with zero attached hydrogens (tertiary/aromatic N) is 1. The molecule has 0 N–H and O–H groups in total. The molecule has 0 radical (unpaired) electrons. The summed E-state index contributed by atoms with van der Waals surface area (Å²) in [6.45, 7) is 2.21. The summed E-state index contributed by atoms with van der Waals surface area (Å²) >= 11 is 0. The number of benzene rings is 1. The van der Waals surface area contributed by atoms with E-state index in [1.54, 1.807) is 0 Å². The van der Waals surface area contributed by atoms with Crippen LogP contribution in [0.4, 0.5) is 0 Å². The Hall–Kier alpha value is -1.81. The minimum absolute atomic E-state index is 0.912. The van der Waals surface area contributed by atoms with Crippen molar-refractivity contribution in [3.63, 3.8) is 0 Å². The average Bonchev–Trinajstić information content (AvgIpc) is 2.64. The van der Waals surface area contributed by atoms with E-state index in [2.05, 4.69) is 37.3 Å². The van der Waals surface area contributed by atoms with Crippen LogP contribution in [0, 0.1) is 23.2 Å². The zero-order chi connectivity index (χ0) is 17.0. The molecule has 1 aliphatic carbocycles. The van der Waals surface area contributed by atoms with Crippen molar-refractivity contribution in [3.05, 3.63) is 59.7 Å². The van der Waals surface area contributed by atoms with Crippen molar-refractivity contribution in [2.45, 2.75) is 64.7 Å². The van der Waals surface area contributed by atoms with Gasteiger partial charge in [-0.2, -0.15) is 5.26 Å². The lowest BCUT2D eigenvalue weighted by atomic mass is 9.78. The van der Waals surface area contributed by atoms with Crippen LogP contribution in [0.15, 0.2) is 48.6 Å². The van der Waals surface area contributed by atoms with Gasteiger partial charge >= 0.3 is 0 Å². The Morgan fingerprint density at radius 3 is 2.21 bits per heavy atom. The second-order valence-corrected chi connectivity index (χ2v) is 7.09. The Morgan fingerprint density at radius 2 is 1.58 bits per heavy atom. The van der Waals surface area contributed by atoms with Gasteiger partial charge in [0.05, 0.1) is 6.07 Å². The van der Waals surface area contributed by atoms with Crippen molar-refractivity contribution in [2.75, 3.05) is 0 Å². The van der Waals surface area contributed by atoms with Gasteiger partial charge in [0.25, 0.3) is 0 Å². The van der Waals surface area contributed by atoms with Crippen LogP contribution < -0.4 is 0 Å². The summed E-state index contributed by atoms with van der Waals surface area (Å²) in [5.41, 5.74) is 2.95. The van der Waals surface area contributed by atoms with Crippen LogP contribution in [0.5, 0.6) is 0 Å². The second-order valence-electron chi connectivity index (χ2n) is 7.09. The summed E-state index contributed by atoms with van der Waals surface area (Å²) in [6.07, 6.45) is 19.4. The van der Waals surface area contributed by atoms with Gasteiger partial charge in [0.15, 0.2) is 0 Å². The first-order valence-electron chi connectivity index (χ1n) is 9.61. The maximum Gasteiger partial charge on any atom is 0.0912 e. The SMILES string of the molecule is CCc1ccc(CC[C@H]2CC[C@H](CC/C=C/C=C/C#N)CC2)cc1. The molecule has 1 fully saturated rings. The fraction of sp³-hybridized carbons (Fsp3) is 0.522. The van der Waals surface area contributed by atoms with Crippen molar-refractivity contribution in [2.24, 2.45) is 11.8 Å². The zero-order valence-electron chi connectivity index (χ0n) is 15.1. The fourth-order valence-corrected chi connectivity index (χ4v) is 3.73. The van der Waals surface area contributed by atoms with Gasteiger partial charge in [-0.25, -0.2) is 0 Å². The van der Waals surface area contributed by atoms with E-state index in [1.165, 1.54) is 62.1 Å². The molecule has 0 saturated heterocycles. The van der Waals surface area contributed by atoms with Gasteiger partial charge < -0.3 is 0 Å². The summed E-state index contributed by atoms with van der Waals surface area (Å²) in [5.74, 6) is 1.84. The van der Waals surface area contributed by atoms with Crippen LogP contribution in [-0.4, -0.2) is 0 Å². The molecule has 0 atom stereocenters. The predicted molar refractivity (Wildman–Crippen MR) is 103 cm³/mol. The summed E-state index contributed by atoms with van der Waals surface area (Å²) in [4.78, 5) is 0. The van der Waals surface area contributed by atoms with E-state index >= 15 is 0 Å². The Labute approximate surface area is 148 Å². The largest absolute Gasteiger partial charge is 0.193 e. The number of hydrogen-bond acceptors (Lipinski definition) is 1. The standard InChI is InChI=1S/C23H31N/c1-2-20-9-11-22(12-10-20)17-18-23-15-13-21(14-16-23)8-6-4-3-5-7-19-24/h3-5,7,9-12,21,23H,2,6,8,13-18H2,1H3/b4-3+,7-5+/t21-,23-. The third kappa shape index (κ3) is 6.75. The summed E-state index contributed by atoms with van der Waals surface area (Å²) < 4.78 is 0. The molecule has 1 saturated carbocycles. The Morgan fingerprint density at radius 1 is 0.958 bits per heavy atom. The molecule has 0 aromatic heterocycles. The van der Waals surface area contributed by atoms with Crippen LogP contribution in [-0.2, 0) is 12.8 Å². The van der Waals surface area contributed by atoms with E-state index < -0.39 is 0 Å². The van der Waals surface area contributed by atoms with E-state index in [1.807, 2.05) is 18.2 Å². The van der Waals surface area contributed by atoms with Gasteiger partial charge in [0.1, 0.15) is 0 Å². The topological polar surface area (TPSA) is 23.8 Å². The molecule has 0 spiro atoms. The van der Waals surface area contributed by atoms with Gasteiger partial charge in [-0.15, -0.1) is 0 Å². The van der Waals surface area contributed by atoms with Crippen molar-refractivity contribution in [3.8, 4) is 6.07 Å². The smallest absolute Gasteiger partial charge is 0.0912 e. The van der Waals surface area contributed by atoms with E-state index in [9.17, 15) is 0 Å². The van der Waals surface area contributed by atoms with Crippen molar-refractivity contribution in [1.82, 2.24) is 0 Å². The molecule has 2 rings (SSSR count). The monoisotopic (exact) mass is 321 g/mol. The number of allylic oxidation sites excluding steroid dienone is 4. The third-order valence-electron chi connectivity index (χ3n) is 5.40. The minimum atomic E-state index is 0.912. The normalized spacial score (nSPS) is 21.3. The molecule has 1 aromatic carbocycles. The summed E-state index contributed by atoms with van der Waals surface area (Å²) in [7, 11) is 0. The van der Waals surface area contributed by atoms with Gasteiger partial charge in [-0.05, 0) is 55.1 Å². The third-order valence-corrected chi connectivity index (χ3v) is 5.40.